The van der Waals surface area contributed by atoms with Gasteiger partial charge in [0, 0.05) is 17.3 Å². The van der Waals surface area contributed by atoms with Crippen LogP contribution in [-0.4, -0.2) is 20.2 Å². The van der Waals surface area contributed by atoms with Crippen LogP contribution < -0.4 is 0 Å². The first-order chi connectivity index (χ1) is 8.45. The van der Waals surface area contributed by atoms with Crippen LogP contribution in [0.3, 0.4) is 0 Å². The molecule has 17 heavy (non-hydrogen) atoms. The van der Waals surface area contributed by atoms with E-state index in [-0.39, 0.29) is 0 Å². The van der Waals surface area contributed by atoms with Gasteiger partial charge in [-0.1, -0.05) is 30.3 Å². The van der Waals surface area contributed by atoms with Crippen molar-refractivity contribution in [2.24, 2.45) is 0 Å². The Morgan fingerprint density at radius 1 is 1.00 bits per heavy atom. The first-order valence-electron chi connectivity index (χ1n) is 5.30. The van der Waals surface area contributed by atoms with E-state index in [1.165, 1.54) is 6.33 Å². The van der Waals surface area contributed by atoms with Crippen LogP contribution in [-0.2, 0) is 0 Å². The van der Waals surface area contributed by atoms with Crippen molar-refractivity contribution in [1.82, 2.24) is 20.2 Å². The van der Waals surface area contributed by atoms with Gasteiger partial charge in [-0.2, -0.15) is 5.10 Å². The second kappa shape index (κ2) is 4.17. The molecule has 3 rings (SSSR count). The minimum Gasteiger partial charge on any atom is -0.277 e. The van der Waals surface area contributed by atoms with Crippen LogP contribution in [0.1, 0.15) is 0 Å². The predicted octanol–water partition coefficient (Wildman–Crippen LogP) is 2.53. The number of rotatable bonds is 2. The van der Waals surface area contributed by atoms with Gasteiger partial charge in [0.25, 0.3) is 0 Å². The van der Waals surface area contributed by atoms with Gasteiger partial charge in [-0.3, -0.25) is 5.10 Å². The number of H-pyrrole nitrogens is 1. The van der Waals surface area contributed by atoms with E-state index in [0.717, 1.165) is 22.5 Å². The van der Waals surface area contributed by atoms with Crippen molar-refractivity contribution in [2.75, 3.05) is 0 Å². The lowest BCUT2D eigenvalue weighted by atomic mass is 10.1. The molecule has 0 atom stereocenters. The topological polar surface area (TPSA) is 54.5 Å². The summed E-state index contributed by atoms with van der Waals surface area (Å²) >= 11 is 0. The van der Waals surface area contributed by atoms with Gasteiger partial charge >= 0.3 is 0 Å². The van der Waals surface area contributed by atoms with Crippen LogP contribution in [0.25, 0.3) is 22.5 Å². The zero-order chi connectivity index (χ0) is 11.5. The molecule has 0 aliphatic heterocycles. The quantitative estimate of drug-likeness (QED) is 0.724. The molecule has 2 aromatic heterocycles. The lowest BCUT2D eigenvalue weighted by molar-refractivity contribution is 1.10. The number of benzene rings is 1. The van der Waals surface area contributed by atoms with Crippen LogP contribution in [0.2, 0.25) is 0 Å². The standard InChI is InChI=1S/C13H10N4/c1-2-4-10(5-3-1)13-11(8-16-17-13)12-6-7-14-9-15-12/h1-9H,(H,16,17). The Morgan fingerprint density at radius 3 is 2.65 bits per heavy atom. The monoisotopic (exact) mass is 222 g/mol. The van der Waals surface area contributed by atoms with E-state index in [1.54, 1.807) is 12.4 Å². The van der Waals surface area contributed by atoms with Crippen molar-refractivity contribution in [3.63, 3.8) is 0 Å². The number of aromatic amines is 1. The molecule has 0 amide bonds. The second-order valence-corrected chi connectivity index (χ2v) is 3.62. The van der Waals surface area contributed by atoms with Crippen LogP contribution >= 0.6 is 0 Å². The summed E-state index contributed by atoms with van der Waals surface area (Å²) in [5, 5.41) is 7.10. The van der Waals surface area contributed by atoms with Gasteiger partial charge in [0.2, 0.25) is 0 Å². The van der Waals surface area contributed by atoms with E-state index in [9.17, 15) is 0 Å². The Labute approximate surface area is 98.4 Å². The van der Waals surface area contributed by atoms with Crippen LogP contribution in [0.15, 0.2) is 55.1 Å². The van der Waals surface area contributed by atoms with Crippen molar-refractivity contribution in [2.45, 2.75) is 0 Å². The van der Waals surface area contributed by atoms with E-state index in [4.69, 9.17) is 0 Å². The van der Waals surface area contributed by atoms with Crippen molar-refractivity contribution in [1.29, 1.82) is 0 Å². The molecular formula is C13H10N4. The molecule has 0 saturated carbocycles. The molecule has 1 aromatic carbocycles. The highest BCUT2D eigenvalue weighted by atomic mass is 15.1. The number of aromatic nitrogens is 4. The van der Waals surface area contributed by atoms with Gasteiger partial charge in [0.15, 0.2) is 0 Å². The normalized spacial score (nSPS) is 10.4. The Kier molecular flexibility index (Phi) is 2.38. The van der Waals surface area contributed by atoms with Crippen molar-refractivity contribution in [3.8, 4) is 22.5 Å². The number of hydrogen-bond acceptors (Lipinski definition) is 3. The SMILES string of the molecule is c1ccc(-c2[nH]ncc2-c2ccncn2)cc1. The largest absolute Gasteiger partial charge is 0.277 e. The summed E-state index contributed by atoms with van der Waals surface area (Å²) in [4.78, 5) is 8.15. The van der Waals surface area contributed by atoms with Gasteiger partial charge in [0.05, 0.1) is 17.6 Å². The van der Waals surface area contributed by atoms with Crippen molar-refractivity contribution >= 4 is 0 Å². The third-order valence-corrected chi connectivity index (χ3v) is 2.56. The first-order valence-corrected chi connectivity index (χ1v) is 5.30. The molecule has 4 heteroatoms. The van der Waals surface area contributed by atoms with E-state index in [1.807, 2.05) is 36.4 Å². The lowest BCUT2D eigenvalue weighted by Crippen LogP contribution is -1.85. The molecule has 0 fully saturated rings. The van der Waals surface area contributed by atoms with E-state index in [2.05, 4.69) is 20.2 Å². The molecule has 0 spiro atoms. The summed E-state index contributed by atoms with van der Waals surface area (Å²) in [6.07, 6.45) is 5.05. The highest BCUT2D eigenvalue weighted by Gasteiger charge is 2.09. The molecule has 82 valence electrons. The van der Waals surface area contributed by atoms with Gasteiger partial charge in [-0.25, -0.2) is 9.97 Å². The Balaban J connectivity index is 2.13. The maximum absolute atomic E-state index is 4.24. The zero-order valence-electron chi connectivity index (χ0n) is 9.04. The molecule has 0 radical (unpaired) electrons. The smallest absolute Gasteiger partial charge is 0.116 e. The summed E-state index contributed by atoms with van der Waals surface area (Å²) in [7, 11) is 0. The lowest BCUT2D eigenvalue weighted by Gasteiger charge is -2.01. The number of nitrogens with one attached hydrogen (secondary N) is 1. The van der Waals surface area contributed by atoms with Crippen molar-refractivity contribution < 1.29 is 0 Å². The Morgan fingerprint density at radius 2 is 1.88 bits per heavy atom. The molecule has 0 unspecified atom stereocenters. The van der Waals surface area contributed by atoms with Gasteiger partial charge in [-0.05, 0) is 6.07 Å². The maximum Gasteiger partial charge on any atom is 0.116 e. The molecule has 0 aliphatic rings. The molecule has 4 nitrogen and oxygen atoms in total. The summed E-state index contributed by atoms with van der Waals surface area (Å²) in [5.41, 5.74) is 3.93. The summed E-state index contributed by atoms with van der Waals surface area (Å²) in [6, 6.07) is 11.9. The number of hydrogen-bond donors (Lipinski definition) is 1. The second-order valence-electron chi connectivity index (χ2n) is 3.62. The molecule has 1 N–H and O–H groups in total. The first kappa shape index (κ1) is 9.72. The van der Waals surface area contributed by atoms with E-state index < -0.39 is 0 Å². The fraction of sp³-hybridized carbons (Fsp3) is 0. The summed E-state index contributed by atoms with van der Waals surface area (Å²) < 4.78 is 0. The predicted molar refractivity (Wildman–Crippen MR) is 65.0 cm³/mol. The highest BCUT2D eigenvalue weighted by Crippen LogP contribution is 2.27. The average molecular weight is 222 g/mol. The molecule has 0 aliphatic carbocycles. The van der Waals surface area contributed by atoms with E-state index >= 15 is 0 Å². The summed E-state index contributed by atoms with van der Waals surface area (Å²) in [5.74, 6) is 0. The summed E-state index contributed by atoms with van der Waals surface area (Å²) in [6.45, 7) is 0. The fourth-order valence-corrected chi connectivity index (χ4v) is 1.76. The molecule has 2 heterocycles. The van der Waals surface area contributed by atoms with Crippen LogP contribution in [0.5, 0.6) is 0 Å². The van der Waals surface area contributed by atoms with Gasteiger partial charge < -0.3 is 0 Å². The van der Waals surface area contributed by atoms with Crippen LogP contribution in [0, 0.1) is 0 Å². The minimum atomic E-state index is 0.868. The van der Waals surface area contributed by atoms with Gasteiger partial charge in [0.1, 0.15) is 6.33 Å². The molecular weight excluding hydrogens is 212 g/mol. The zero-order valence-corrected chi connectivity index (χ0v) is 9.04. The fourth-order valence-electron chi connectivity index (χ4n) is 1.76. The third-order valence-electron chi connectivity index (χ3n) is 2.56. The molecule has 0 saturated heterocycles. The molecule has 3 aromatic rings. The average Bonchev–Trinajstić information content (AvgIpc) is 2.90. The Bertz CT molecular complexity index is 548. The maximum atomic E-state index is 4.24. The highest BCUT2D eigenvalue weighted by molar-refractivity contribution is 5.78. The van der Waals surface area contributed by atoms with Crippen LogP contribution in [0.4, 0.5) is 0 Å². The minimum absolute atomic E-state index is 0.868. The Hall–Kier alpha value is -2.49. The number of nitrogens with zero attached hydrogens (tertiary/aromatic N) is 3. The van der Waals surface area contributed by atoms with Gasteiger partial charge in [-0.15, -0.1) is 0 Å². The van der Waals surface area contributed by atoms with Crippen molar-refractivity contribution in [3.05, 3.63) is 55.1 Å². The third kappa shape index (κ3) is 1.80. The molecule has 0 bridgehead atoms. The van der Waals surface area contributed by atoms with E-state index in [0.29, 0.717) is 0 Å².